The van der Waals surface area contributed by atoms with Crippen molar-refractivity contribution in [2.24, 2.45) is 7.05 Å². The third-order valence-electron chi connectivity index (χ3n) is 2.15. The Balaban J connectivity index is 2.88. The molecule has 4 nitrogen and oxygen atoms in total. The molecule has 0 saturated heterocycles. The topological polar surface area (TPSA) is 50.9 Å². The van der Waals surface area contributed by atoms with Gasteiger partial charge in [-0.15, -0.1) is 0 Å². The van der Waals surface area contributed by atoms with Gasteiger partial charge in [0.15, 0.2) is 0 Å². The Morgan fingerprint density at radius 3 is 2.93 bits per heavy atom. The molecule has 72 valence electrons. The van der Waals surface area contributed by atoms with E-state index in [2.05, 4.69) is 4.98 Å². The number of benzene rings is 1. The van der Waals surface area contributed by atoms with E-state index < -0.39 is 0 Å². The molecule has 0 radical (unpaired) electrons. The third kappa shape index (κ3) is 1.25. The second-order valence-corrected chi connectivity index (χ2v) is 3.07. The normalized spacial score (nSPS) is 10.4. The molecule has 0 aliphatic carbocycles. The fraction of sp³-hybridized carbons (Fsp3) is 0.200. The lowest BCUT2D eigenvalue weighted by Gasteiger charge is -2.06. The third-order valence-corrected chi connectivity index (χ3v) is 2.15. The summed E-state index contributed by atoms with van der Waals surface area (Å²) in [6.45, 7) is 0. The first-order valence-corrected chi connectivity index (χ1v) is 4.27. The molecule has 2 rings (SSSR count). The monoisotopic (exact) mass is 189 g/mol. The summed E-state index contributed by atoms with van der Waals surface area (Å²) in [5.41, 5.74) is 1.03. The molecule has 2 aromatic rings. The Labute approximate surface area is 81.3 Å². The Bertz CT molecular complexity index is 530. The molecular weight excluding hydrogens is 178 g/mol. The highest BCUT2D eigenvalue weighted by molar-refractivity contribution is 5.83. The highest BCUT2D eigenvalue weighted by Gasteiger charge is 2.02. The molecule has 1 heterocycles. The van der Waals surface area contributed by atoms with Crippen molar-refractivity contribution in [2.45, 2.75) is 0 Å². The van der Waals surface area contributed by atoms with E-state index in [1.165, 1.54) is 0 Å². The molecule has 4 heteroatoms. The molecule has 0 unspecified atom stereocenters. The molecule has 0 amide bonds. The van der Waals surface area contributed by atoms with E-state index in [4.69, 9.17) is 10.1 Å². The molecule has 0 atom stereocenters. The smallest absolute Gasteiger partial charge is 0.222 e. The van der Waals surface area contributed by atoms with Gasteiger partial charge in [0.1, 0.15) is 5.75 Å². The Morgan fingerprint density at radius 1 is 1.43 bits per heavy atom. The van der Waals surface area contributed by atoms with Gasteiger partial charge in [0.05, 0.1) is 18.0 Å². The highest BCUT2D eigenvalue weighted by atomic mass is 16.5. The molecule has 0 fully saturated rings. The zero-order valence-electron chi connectivity index (χ0n) is 8.11. The first-order valence-electron chi connectivity index (χ1n) is 4.27. The molecular formula is C10H11N3O. The standard InChI is InChI=1S/C10H11N3O/c1-13-6-7-8(12-10(13)11)4-3-5-9(7)14-2/h3-6,11H,1-2H3. The molecule has 0 aliphatic heterocycles. The number of methoxy groups -OCH3 is 1. The Hall–Kier alpha value is -1.84. The van der Waals surface area contributed by atoms with Crippen LogP contribution in [0.5, 0.6) is 5.75 Å². The van der Waals surface area contributed by atoms with Crippen molar-refractivity contribution in [3.8, 4) is 5.75 Å². The maximum Gasteiger partial charge on any atom is 0.222 e. The summed E-state index contributed by atoms with van der Waals surface area (Å²) in [7, 11) is 3.42. The van der Waals surface area contributed by atoms with Crippen LogP contribution in [0.2, 0.25) is 0 Å². The molecule has 14 heavy (non-hydrogen) atoms. The van der Waals surface area contributed by atoms with Crippen LogP contribution in [-0.2, 0) is 7.05 Å². The van der Waals surface area contributed by atoms with Gasteiger partial charge in [0, 0.05) is 13.2 Å². The Morgan fingerprint density at radius 2 is 2.21 bits per heavy atom. The molecule has 0 spiro atoms. The molecule has 1 aromatic heterocycles. The van der Waals surface area contributed by atoms with E-state index in [1.54, 1.807) is 18.7 Å². The number of ether oxygens (including phenoxy) is 1. The largest absolute Gasteiger partial charge is 0.496 e. The second-order valence-electron chi connectivity index (χ2n) is 3.07. The second kappa shape index (κ2) is 3.14. The zero-order valence-corrected chi connectivity index (χ0v) is 8.11. The predicted octanol–water partition coefficient (Wildman–Crippen LogP) is 1.06. The first kappa shape index (κ1) is 8.74. The number of nitrogens with one attached hydrogen (secondary N) is 1. The highest BCUT2D eigenvalue weighted by Crippen LogP contribution is 2.21. The number of hydrogen-bond acceptors (Lipinski definition) is 3. The van der Waals surface area contributed by atoms with Crippen LogP contribution >= 0.6 is 0 Å². The number of fused-ring (bicyclic) bond motifs is 1. The van der Waals surface area contributed by atoms with E-state index in [1.807, 2.05) is 24.4 Å². The maximum atomic E-state index is 7.54. The summed E-state index contributed by atoms with van der Waals surface area (Å²) in [5.74, 6) is 0.783. The number of aryl methyl sites for hydroxylation is 1. The van der Waals surface area contributed by atoms with E-state index >= 15 is 0 Å². The summed E-state index contributed by atoms with van der Waals surface area (Å²) >= 11 is 0. The minimum absolute atomic E-state index is 0.241. The van der Waals surface area contributed by atoms with Gasteiger partial charge in [-0.1, -0.05) is 6.07 Å². The quantitative estimate of drug-likeness (QED) is 0.729. The summed E-state index contributed by atoms with van der Waals surface area (Å²) in [4.78, 5) is 4.13. The van der Waals surface area contributed by atoms with Gasteiger partial charge in [-0.2, -0.15) is 0 Å². The van der Waals surface area contributed by atoms with Crippen LogP contribution in [0.1, 0.15) is 0 Å². The van der Waals surface area contributed by atoms with Gasteiger partial charge >= 0.3 is 0 Å². The molecule has 0 bridgehead atoms. The lowest BCUT2D eigenvalue weighted by molar-refractivity contribution is 0.419. The first-order chi connectivity index (χ1) is 6.72. The fourth-order valence-corrected chi connectivity index (χ4v) is 1.39. The maximum absolute atomic E-state index is 7.54. The molecule has 1 N–H and O–H groups in total. The average Bonchev–Trinajstić information content (AvgIpc) is 2.19. The molecule has 1 aromatic carbocycles. The van der Waals surface area contributed by atoms with E-state index in [0.717, 1.165) is 16.7 Å². The summed E-state index contributed by atoms with van der Waals surface area (Å²) in [6.07, 6.45) is 1.85. The van der Waals surface area contributed by atoms with Crippen molar-refractivity contribution in [3.05, 3.63) is 30.0 Å². The minimum atomic E-state index is 0.241. The van der Waals surface area contributed by atoms with E-state index in [-0.39, 0.29) is 5.62 Å². The van der Waals surface area contributed by atoms with Crippen LogP contribution in [-0.4, -0.2) is 16.7 Å². The van der Waals surface area contributed by atoms with Crippen molar-refractivity contribution in [1.82, 2.24) is 9.55 Å². The lowest BCUT2D eigenvalue weighted by Crippen LogP contribution is -2.19. The lowest BCUT2D eigenvalue weighted by atomic mass is 10.2. The van der Waals surface area contributed by atoms with Gasteiger partial charge in [0.2, 0.25) is 5.62 Å². The van der Waals surface area contributed by atoms with Crippen molar-refractivity contribution in [1.29, 1.82) is 5.41 Å². The van der Waals surface area contributed by atoms with E-state index in [9.17, 15) is 0 Å². The van der Waals surface area contributed by atoms with Crippen molar-refractivity contribution in [3.63, 3.8) is 0 Å². The molecule has 0 aliphatic rings. The van der Waals surface area contributed by atoms with Gasteiger partial charge in [-0.3, -0.25) is 5.41 Å². The molecule has 0 saturated carbocycles. The fourth-order valence-electron chi connectivity index (χ4n) is 1.39. The zero-order chi connectivity index (χ0) is 10.1. The van der Waals surface area contributed by atoms with Gasteiger partial charge in [-0.05, 0) is 12.1 Å². The Kier molecular flexibility index (Phi) is 1.96. The van der Waals surface area contributed by atoms with Crippen LogP contribution < -0.4 is 10.4 Å². The average molecular weight is 189 g/mol. The number of rotatable bonds is 1. The van der Waals surface area contributed by atoms with Crippen LogP contribution in [0.3, 0.4) is 0 Å². The van der Waals surface area contributed by atoms with Gasteiger partial charge in [-0.25, -0.2) is 4.98 Å². The van der Waals surface area contributed by atoms with Crippen LogP contribution in [0.15, 0.2) is 24.4 Å². The predicted molar refractivity (Wildman–Crippen MR) is 53.1 cm³/mol. The number of aromatic nitrogens is 2. The van der Waals surface area contributed by atoms with Crippen LogP contribution in [0.4, 0.5) is 0 Å². The van der Waals surface area contributed by atoms with Crippen molar-refractivity contribution >= 4 is 10.9 Å². The summed E-state index contributed by atoms with van der Waals surface area (Å²) < 4.78 is 6.87. The van der Waals surface area contributed by atoms with Crippen molar-refractivity contribution < 1.29 is 4.74 Å². The summed E-state index contributed by atoms with van der Waals surface area (Å²) in [6, 6.07) is 5.62. The number of hydrogen-bond donors (Lipinski definition) is 1. The minimum Gasteiger partial charge on any atom is -0.496 e. The summed E-state index contributed by atoms with van der Waals surface area (Å²) in [5, 5.41) is 8.46. The van der Waals surface area contributed by atoms with E-state index in [0.29, 0.717) is 0 Å². The van der Waals surface area contributed by atoms with Crippen LogP contribution in [0.25, 0.3) is 10.9 Å². The number of nitrogens with zero attached hydrogens (tertiary/aromatic N) is 2. The van der Waals surface area contributed by atoms with Crippen LogP contribution in [0, 0.1) is 5.41 Å². The van der Waals surface area contributed by atoms with Gasteiger partial charge in [0.25, 0.3) is 0 Å². The SMILES string of the molecule is COc1cccc2nc(=N)n(C)cc12. The van der Waals surface area contributed by atoms with Crippen molar-refractivity contribution in [2.75, 3.05) is 7.11 Å². The van der Waals surface area contributed by atoms with Gasteiger partial charge < -0.3 is 9.30 Å².